The maximum atomic E-state index is 3.97. The molecule has 2 aromatic rings. The van der Waals surface area contributed by atoms with Crippen LogP contribution < -0.4 is 0 Å². The van der Waals surface area contributed by atoms with Crippen molar-refractivity contribution in [3.63, 3.8) is 0 Å². The number of hydrogen-bond donors (Lipinski definition) is 1. The number of aromatic amines is 1. The van der Waals surface area contributed by atoms with E-state index in [1.807, 2.05) is 6.07 Å². The third kappa shape index (κ3) is 2.16. The summed E-state index contributed by atoms with van der Waals surface area (Å²) in [5.41, 5.74) is 5.15. The zero-order chi connectivity index (χ0) is 11.5. The number of hydrogen-bond acceptors (Lipinski definition) is 1. The lowest BCUT2D eigenvalue weighted by Gasteiger charge is -2.13. The van der Waals surface area contributed by atoms with E-state index in [0.717, 1.165) is 5.69 Å². The van der Waals surface area contributed by atoms with Crippen LogP contribution in [0.5, 0.6) is 0 Å². The van der Waals surface area contributed by atoms with E-state index >= 15 is 0 Å². The second kappa shape index (κ2) is 4.58. The summed E-state index contributed by atoms with van der Waals surface area (Å²) in [6.45, 7) is 0. The van der Waals surface area contributed by atoms with Crippen molar-refractivity contribution in [2.75, 3.05) is 0 Å². The van der Waals surface area contributed by atoms with Gasteiger partial charge in [0.05, 0.1) is 5.69 Å². The normalized spacial score (nSPS) is 15.6. The fourth-order valence-electron chi connectivity index (χ4n) is 2.38. The van der Waals surface area contributed by atoms with Crippen LogP contribution in [0, 0.1) is 0 Å². The molecule has 0 unspecified atom stereocenters. The van der Waals surface area contributed by atoms with Crippen molar-refractivity contribution >= 4 is 5.57 Å². The van der Waals surface area contributed by atoms with Crippen LogP contribution in [0.2, 0.25) is 0 Å². The van der Waals surface area contributed by atoms with Gasteiger partial charge in [-0.15, -0.1) is 0 Å². The quantitative estimate of drug-likeness (QED) is 0.819. The summed E-state index contributed by atoms with van der Waals surface area (Å²) in [5.74, 6) is 0. The molecular weight excluding hydrogens is 208 g/mol. The Labute approximate surface area is 101 Å². The molecular formula is C15H16N2. The second-order valence-electron chi connectivity index (χ2n) is 4.52. The van der Waals surface area contributed by atoms with Crippen LogP contribution in [0.4, 0.5) is 0 Å². The van der Waals surface area contributed by atoms with Crippen molar-refractivity contribution in [2.24, 2.45) is 0 Å². The van der Waals surface area contributed by atoms with Gasteiger partial charge in [-0.05, 0) is 48.4 Å². The van der Waals surface area contributed by atoms with E-state index in [1.165, 1.54) is 42.4 Å². The van der Waals surface area contributed by atoms with Gasteiger partial charge in [-0.1, -0.05) is 30.3 Å². The molecule has 0 aliphatic heterocycles. The molecule has 3 rings (SSSR count). The van der Waals surface area contributed by atoms with Crippen LogP contribution in [-0.4, -0.2) is 10.2 Å². The lowest BCUT2D eigenvalue weighted by Crippen LogP contribution is -1.91. The standard InChI is InChI=1S/C15H16N2/c1-2-4-12(5-3-1)13-6-8-14(9-7-13)15-10-11-16-17-15/h4,6-11H,1-3,5H2,(H,16,17). The van der Waals surface area contributed by atoms with Crippen molar-refractivity contribution < 1.29 is 0 Å². The Bertz CT molecular complexity index is 506. The molecule has 1 heterocycles. The van der Waals surface area contributed by atoms with Crippen LogP contribution in [0.3, 0.4) is 0 Å². The Kier molecular flexibility index (Phi) is 2.78. The molecule has 1 N–H and O–H groups in total. The van der Waals surface area contributed by atoms with E-state index in [9.17, 15) is 0 Å². The minimum absolute atomic E-state index is 1.08. The number of rotatable bonds is 2. The van der Waals surface area contributed by atoms with Crippen LogP contribution in [0.1, 0.15) is 31.2 Å². The van der Waals surface area contributed by atoms with Crippen LogP contribution in [0.25, 0.3) is 16.8 Å². The highest BCUT2D eigenvalue weighted by Gasteiger charge is 2.06. The third-order valence-electron chi connectivity index (χ3n) is 3.36. The average molecular weight is 224 g/mol. The lowest BCUT2D eigenvalue weighted by molar-refractivity contribution is 0.742. The first-order chi connectivity index (χ1) is 8.43. The molecule has 0 fully saturated rings. The summed E-state index contributed by atoms with van der Waals surface area (Å²) in [5, 5.41) is 6.96. The smallest absolute Gasteiger partial charge is 0.0650 e. The van der Waals surface area contributed by atoms with Crippen molar-refractivity contribution in [3.8, 4) is 11.3 Å². The van der Waals surface area contributed by atoms with Gasteiger partial charge in [-0.2, -0.15) is 5.10 Å². The molecule has 0 atom stereocenters. The maximum Gasteiger partial charge on any atom is 0.0650 e. The van der Waals surface area contributed by atoms with E-state index in [0.29, 0.717) is 0 Å². The topological polar surface area (TPSA) is 28.7 Å². The molecule has 0 radical (unpaired) electrons. The van der Waals surface area contributed by atoms with Crippen LogP contribution >= 0.6 is 0 Å². The predicted molar refractivity (Wildman–Crippen MR) is 70.5 cm³/mol. The lowest BCUT2D eigenvalue weighted by atomic mass is 9.93. The van der Waals surface area contributed by atoms with Gasteiger partial charge in [0.2, 0.25) is 0 Å². The second-order valence-corrected chi connectivity index (χ2v) is 4.52. The number of nitrogens with one attached hydrogen (secondary N) is 1. The van der Waals surface area contributed by atoms with Gasteiger partial charge in [-0.25, -0.2) is 0 Å². The van der Waals surface area contributed by atoms with Crippen molar-refractivity contribution in [1.82, 2.24) is 10.2 Å². The summed E-state index contributed by atoms with van der Waals surface area (Å²) in [6, 6.07) is 10.8. The molecule has 2 nitrogen and oxygen atoms in total. The first-order valence-electron chi connectivity index (χ1n) is 6.23. The number of aromatic nitrogens is 2. The predicted octanol–water partition coefficient (Wildman–Crippen LogP) is 4.03. The van der Waals surface area contributed by atoms with Gasteiger partial charge in [-0.3, -0.25) is 5.10 Å². The maximum absolute atomic E-state index is 3.97. The molecule has 1 aliphatic rings. The Morgan fingerprint density at radius 2 is 1.76 bits per heavy atom. The molecule has 86 valence electrons. The van der Waals surface area contributed by atoms with Crippen LogP contribution in [-0.2, 0) is 0 Å². The summed E-state index contributed by atoms with van der Waals surface area (Å²) in [4.78, 5) is 0. The number of nitrogens with zero attached hydrogens (tertiary/aromatic N) is 1. The Morgan fingerprint density at radius 1 is 0.941 bits per heavy atom. The fourth-order valence-corrected chi connectivity index (χ4v) is 2.38. The van der Waals surface area contributed by atoms with Crippen LogP contribution in [0.15, 0.2) is 42.6 Å². The monoisotopic (exact) mass is 224 g/mol. The molecule has 0 bridgehead atoms. The molecule has 0 amide bonds. The number of allylic oxidation sites excluding steroid dienone is 2. The molecule has 1 aromatic carbocycles. The highest BCUT2D eigenvalue weighted by molar-refractivity contribution is 5.69. The van der Waals surface area contributed by atoms with Gasteiger partial charge in [0, 0.05) is 6.20 Å². The molecule has 0 spiro atoms. The van der Waals surface area contributed by atoms with E-state index in [-0.39, 0.29) is 0 Å². The summed E-state index contributed by atoms with van der Waals surface area (Å²) in [7, 11) is 0. The fraction of sp³-hybridized carbons (Fsp3) is 0.267. The van der Waals surface area contributed by atoms with Crippen molar-refractivity contribution in [3.05, 3.63) is 48.2 Å². The summed E-state index contributed by atoms with van der Waals surface area (Å²) < 4.78 is 0. The summed E-state index contributed by atoms with van der Waals surface area (Å²) >= 11 is 0. The minimum Gasteiger partial charge on any atom is -0.278 e. The molecule has 0 saturated heterocycles. The molecule has 1 aliphatic carbocycles. The third-order valence-corrected chi connectivity index (χ3v) is 3.36. The summed E-state index contributed by atoms with van der Waals surface area (Å²) in [6.07, 6.45) is 9.30. The Hall–Kier alpha value is -1.83. The van der Waals surface area contributed by atoms with Gasteiger partial charge >= 0.3 is 0 Å². The largest absolute Gasteiger partial charge is 0.278 e. The van der Waals surface area contributed by atoms with E-state index in [4.69, 9.17) is 0 Å². The van der Waals surface area contributed by atoms with E-state index in [1.54, 1.807) is 6.20 Å². The zero-order valence-electron chi connectivity index (χ0n) is 9.82. The zero-order valence-corrected chi connectivity index (χ0v) is 9.82. The first-order valence-corrected chi connectivity index (χ1v) is 6.23. The first kappa shape index (κ1) is 10.3. The molecule has 2 heteroatoms. The average Bonchev–Trinajstić information content (AvgIpc) is 2.94. The van der Waals surface area contributed by atoms with E-state index in [2.05, 4.69) is 40.5 Å². The Balaban J connectivity index is 1.87. The minimum atomic E-state index is 1.08. The van der Waals surface area contributed by atoms with Crippen molar-refractivity contribution in [2.45, 2.75) is 25.7 Å². The number of H-pyrrole nitrogens is 1. The van der Waals surface area contributed by atoms with Gasteiger partial charge in [0.15, 0.2) is 0 Å². The van der Waals surface area contributed by atoms with Gasteiger partial charge < -0.3 is 0 Å². The molecule has 17 heavy (non-hydrogen) atoms. The molecule has 0 saturated carbocycles. The number of benzene rings is 1. The SMILES string of the molecule is C1=C(c2ccc(-c3ccn[nH]3)cc2)CCCC1. The van der Waals surface area contributed by atoms with Gasteiger partial charge in [0.1, 0.15) is 0 Å². The molecule has 1 aromatic heterocycles. The Morgan fingerprint density at radius 3 is 2.41 bits per heavy atom. The van der Waals surface area contributed by atoms with E-state index < -0.39 is 0 Å². The highest BCUT2D eigenvalue weighted by Crippen LogP contribution is 2.28. The highest BCUT2D eigenvalue weighted by atomic mass is 15.1. The van der Waals surface area contributed by atoms with Crippen molar-refractivity contribution in [1.29, 1.82) is 0 Å². The van der Waals surface area contributed by atoms with Gasteiger partial charge in [0.25, 0.3) is 0 Å².